The van der Waals surface area contributed by atoms with Gasteiger partial charge in [0.15, 0.2) is 0 Å². The highest BCUT2D eigenvalue weighted by Crippen LogP contribution is 2.19. The summed E-state index contributed by atoms with van der Waals surface area (Å²) in [5, 5.41) is 9.06. The predicted molar refractivity (Wildman–Crippen MR) is 86.3 cm³/mol. The van der Waals surface area contributed by atoms with Gasteiger partial charge in [-0.15, -0.1) is 0 Å². The Hall–Kier alpha value is -2.90. The topological polar surface area (TPSA) is 106 Å². The number of aromatic nitrogens is 2. The Morgan fingerprint density at radius 1 is 1.17 bits per heavy atom. The van der Waals surface area contributed by atoms with E-state index in [-0.39, 0.29) is 24.7 Å². The van der Waals surface area contributed by atoms with Gasteiger partial charge < -0.3 is 19.9 Å². The van der Waals surface area contributed by atoms with Crippen molar-refractivity contribution in [2.45, 2.75) is 19.3 Å². The average molecular weight is 332 g/mol. The molecule has 0 atom stereocenters. The molecule has 0 fully saturated rings. The standard InChI is InChI=1S/C16H20N4O4/c1-17-13(21)9-10-18-14(22)7-8-15-19-16(20-24-15)11-3-5-12(23-2)6-4-11/h3-6H,7-10H2,1-2H3,(H,17,21)(H,18,22). The van der Waals surface area contributed by atoms with E-state index in [9.17, 15) is 9.59 Å². The SMILES string of the molecule is CNC(=O)CCNC(=O)CCc1nc(-c2ccc(OC)cc2)no1. The molecule has 0 spiro atoms. The molecule has 2 N–H and O–H groups in total. The fourth-order valence-electron chi connectivity index (χ4n) is 1.96. The van der Waals surface area contributed by atoms with Crippen molar-refractivity contribution in [1.29, 1.82) is 0 Å². The third-order valence-corrected chi connectivity index (χ3v) is 3.34. The minimum atomic E-state index is -0.164. The van der Waals surface area contributed by atoms with Crippen molar-refractivity contribution in [3.63, 3.8) is 0 Å². The van der Waals surface area contributed by atoms with E-state index >= 15 is 0 Å². The van der Waals surface area contributed by atoms with Gasteiger partial charge in [0.2, 0.25) is 23.5 Å². The van der Waals surface area contributed by atoms with Crippen molar-refractivity contribution < 1.29 is 18.8 Å². The van der Waals surface area contributed by atoms with E-state index in [0.29, 0.717) is 24.7 Å². The van der Waals surface area contributed by atoms with Crippen molar-refractivity contribution in [2.75, 3.05) is 20.7 Å². The molecule has 128 valence electrons. The highest BCUT2D eigenvalue weighted by Gasteiger charge is 2.11. The Morgan fingerprint density at radius 3 is 2.58 bits per heavy atom. The van der Waals surface area contributed by atoms with Gasteiger partial charge in [-0.3, -0.25) is 9.59 Å². The second-order valence-electron chi connectivity index (χ2n) is 5.01. The Bertz CT molecular complexity index is 682. The number of rotatable bonds is 8. The molecule has 0 unspecified atom stereocenters. The van der Waals surface area contributed by atoms with Gasteiger partial charge in [0.05, 0.1) is 7.11 Å². The van der Waals surface area contributed by atoms with Gasteiger partial charge in [0.1, 0.15) is 5.75 Å². The van der Waals surface area contributed by atoms with Gasteiger partial charge in [0.25, 0.3) is 0 Å². The summed E-state index contributed by atoms with van der Waals surface area (Å²) in [6.45, 7) is 0.305. The Morgan fingerprint density at radius 2 is 1.92 bits per heavy atom. The molecule has 0 aliphatic rings. The molecule has 8 nitrogen and oxygen atoms in total. The molecule has 0 saturated carbocycles. The fourth-order valence-corrected chi connectivity index (χ4v) is 1.96. The zero-order chi connectivity index (χ0) is 17.4. The monoisotopic (exact) mass is 332 g/mol. The van der Waals surface area contributed by atoms with Crippen LogP contribution in [0.2, 0.25) is 0 Å². The van der Waals surface area contributed by atoms with Crippen LogP contribution in [0.3, 0.4) is 0 Å². The third-order valence-electron chi connectivity index (χ3n) is 3.34. The number of amides is 2. The predicted octanol–water partition coefficient (Wildman–Crippen LogP) is 0.930. The van der Waals surface area contributed by atoms with Crippen LogP contribution in [0.1, 0.15) is 18.7 Å². The van der Waals surface area contributed by atoms with Crippen molar-refractivity contribution in [1.82, 2.24) is 20.8 Å². The number of carbonyl (C=O) groups excluding carboxylic acids is 2. The number of aryl methyl sites for hydroxylation is 1. The lowest BCUT2D eigenvalue weighted by Crippen LogP contribution is -2.29. The van der Waals surface area contributed by atoms with E-state index in [0.717, 1.165) is 11.3 Å². The van der Waals surface area contributed by atoms with Gasteiger partial charge in [-0.25, -0.2) is 0 Å². The second-order valence-corrected chi connectivity index (χ2v) is 5.01. The first-order valence-corrected chi connectivity index (χ1v) is 7.56. The maximum absolute atomic E-state index is 11.7. The van der Waals surface area contributed by atoms with Gasteiger partial charge in [-0.05, 0) is 24.3 Å². The molecule has 0 aliphatic heterocycles. The normalized spacial score (nSPS) is 10.2. The quantitative estimate of drug-likeness (QED) is 0.745. The van der Waals surface area contributed by atoms with Crippen LogP contribution in [0, 0.1) is 0 Å². The minimum absolute atomic E-state index is 0.115. The van der Waals surface area contributed by atoms with Crippen molar-refractivity contribution in [3.8, 4) is 17.1 Å². The number of methoxy groups -OCH3 is 1. The first-order chi connectivity index (χ1) is 11.6. The van der Waals surface area contributed by atoms with E-state index in [1.165, 1.54) is 0 Å². The molecular weight excluding hydrogens is 312 g/mol. The minimum Gasteiger partial charge on any atom is -0.497 e. The summed E-state index contributed by atoms with van der Waals surface area (Å²) in [5.41, 5.74) is 0.806. The summed E-state index contributed by atoms with van der Waals surface area (Å²) < 4.78 is 10.2. The smallest absolute Gasteiger partial charge is 0.227 e. The summed E-state index contributed by atoms with van der Waals surface area (Å²) in [5.74, 6) is 1.32. The number of hydrogen-bond acceptors (Lipinski definition) is 6. The van der Waals surface area contributed by atoms with Crippen LogP contribution in [-0.4, -0.2) is 42.7 Å². The molecule has 0 aliphatic carbocycles. The first-order valence-electron chi connectivity index (χ1n) is 7.56. The Balaban J connectivity index is 1.80. The number of benzene rings is 1. The van der Waals surface area contributed by atoms with Crippen molar-refractivity contribution in [3.05, 3.63) is 30.2 Å². The molecule has 8 heteroatoms. The maximum atomic E-state index is 11.7. The molecule has 0 saturated heterocycles. The van der Waals surface area contributed by atoms with Crippen LogP contribution >= 0.6 is 0 Å². The largest absolute Gasteiger partial charge is 0.497 e. The van der Waals surface area contributed by atoms with Crippen LogP contribution < -0.4 is 15.4 Å². The number of carbonyl (C=O) groups is 2. The van der Waals surface area contributed by atoms with Crippen molar-refractivity contribution in [2.24, 2.45) is 0 Å². The molecule has 0 bridgehead atoms. The maximum Gasteiger partial charge on any atom is 0.227 e. The summed E-state index contributed by atoms with van der Waals surface area (Å²) in [7, 11) is 3.15. The molecule has 1 aromatic carbocycles. The third kappa shape index (κ3) is 5.08. The van der Waals surface area contributed by atoms with Crippen LogP contribution in [-0.2, 0) is 16.0 Å². The van der Waals surface area contributed by atoms with E-state index < -0.39 is 0 Å². The van der Waals surface area contributed by atoms with Crippen LogP contribution in [0.15, 0.2) is 28.8 Å². The van der Waals surface area contributed by atoms with Gasteiger partial charge >= 0.3 is 0 Å². The number of nitrogens with zero attached hydrogens (tertiary/aromatic N) is 2. The zero-order valence-electron chi connectivity index (χ0n) is 13.7. The summed E-state index contributed by atoms with van der Waals surface area (Å²) in [6.07, 6.45) is 0.817. The van der Waals surface area contributed by atoms with E-state index in [4.69, 9.17) is 9.26 Å². The van der Waals surface area contributed by atoms with E-state index in [1.807, 2.05) is 24.3 Å². The first kappa shape index (κ1) is 17.5. The Labute approximate surface area is 139 Å². The van der Waals surface area contributed by atoms with Gasteiger partial charge in [0, 0.05) is 38.4 Å². The highest BCUT2D eigenvalue weighted by atomic mass is 16.5. The highest BCUT2D eigenvalue weighted by molar-refractivity contribution is 5.78. The molecule has 1 heterocycles. The lowest BCUT2D eigenvalue weighted by Gasteiger charge is -2.03. The summed E-state index contributed by atoms with van der Waals surface area (Å²) >= 11 is 0. The number of nitrogens with one attached hydrogen (secondary N) is 2. The van der Waals surface area contributed by atoms with E-state index in [2.05, 4.69) is 20.8 Å². The molecule has 0 radical (unpaired) electrons. The van der Waals surface area contributed by atoms with Gasteiger partial charge in [-0.1, -0.05) is 5.16 Å². The molecule has 2 amide bonds. The van der Waals surface area contributed by atoms with Crippen molar-refractivity contribution >= 4 is 11.8 Å². The fraction of sp³-hybridized carbons (Fsp3) is 0.375. The van der Waals surface area contributed by atoms with Gasteiger partial charge in [-0.2, -0.15) is 4.98 Å². The van der Waals surface area contributed by atoms with E-state index in [1.54, 1.807) is 14.2 Å². The summed E-state index contributed by atoms with van der Waals surface area (Å²) in [4.78, 5) is 27.0. The zero-order valence-corrected chi connectivity index (χ0v) is 13.7. The molecule has 2 rings (SSSR count). The lowest BCUT2D eigenvalue weighted by atomic mass is 10.2. The molecular formula is C16H20N4O4. The van der Waals surface area contributed by atoms with Crippen LogP contribution in [0.5, 0.6) is 5.75 Å². The number of hydrogen-bond donors (Lipinski definition) is 2. The lowest BCUT2D eigenvalue weighted by molar-refractivity contribution is -0.122. The molecule has 1 aromatic heterocycles. The average Bonchev–Trinajstić information content (AvgIpc) is 3.09. The van der Waals surface area contributed by atoms with Crippen LogP contribution in [0.25, 0.3) is 11.4 Å². The van der Waals surface area contributed by atoms with Crippen LogP contribution in [0.4, 0.5) is 0 Å². The second kappa shape index (κ2) is 8.66. The summed E-state index contributed by atoms with van der Waals surface area (Å²) in [6, 6.07) is 7.29. The Kier molecular flexibility index (Phi) is 6.30. The number of ether oxygens (including phenoxy) is 1. The molecule has 24 heavy (non-hydrogen) atoms. The molecule has 2 aromatic rings.